The number of carbonyl (C=O) groups is 1. The summed E-state index contributed by atoms with van der Waals surface area (Å²) in [6.45, 7) is 5.26. The van der Waals surface area contributed by atoms with Crippen molar-refractivity contribution in [1.82, 2.24) is 15.8 Å². The third-order valence-corrected chi connectivity index (χ3v) is 4.08. The molecule has 0 spiro atoms. The molecule has 8 heteroatoms. The van der Waals surface area contributed by atoms with Crippen LogP contribution in [0, 0.1) is 0 Å². The Kier molecular flexibility index (Phi) is 8.13. The smallest absolute Gasteiger partial charge is 0.224 e. The summed E-state index contributed by atoms with van der Waals surface area (Å²) in [5.41, 5.74) is 1.67. The summed E-state index contributed by atoms with van der Waals surface area (Å²) in [5.74, 6) is 1.70. The van der Waals surface area contributed by atoms with Gasteiger partial charge in [0.05, 0.1) is 12.2 Å². The number of amides is 1. The highest BCUT2D eigenvalue weighted by Gasteiger charge is 2.08. The lowest BCUT2D eigenvalue weighted by molar-refractivity contribution is -0.116. The minimum atomic E-state index is -0.0371. The van der Waals surface area contributed by atoms with Gasteiger partial charge < -0.3 is 20.5 Å². The van der Waals surface area contributed by atoms with E-state index in [2.05, 4.69) is 39.9 Å². The van der Waals surface area contributed by atoms with Crippen molar-refractivity contribution >= 4 is 29.2 Å². The fourth-order valence-corrected chi connectivity index (χ4v) is 2.41. The first-order valence-corrected chi connectivity index (χ1v) is 9.31. The van der Waals surface area contributed by atoms with Gasteiger partial charge in [-0.2, -0.15) is 0 Å². The zero-order chi connectivity index (χ0) is 19.6. The Bertz CT molecular complexity index is 756. The van der Waals surface area contributed by atoms with Crippen LogP contribution in [0.1, 0.15) is 44.1 Å². The van der Waals surface area contributed by atoms with E-state index in [4.69, 9.17) is 16.1 Å². The lowest BCUT2D eigenvalue weighted by Crippen LogP contribution is -2.37. The van der Waals surface area contributed by atoms with Crippen LogP contribution in [0.3, 0.4) is 0 Å². The number of hydrogen-bond donors (Lipinski definition) is 3. The van der Waals surface area contributed by atoms with Crippen LogP contribution < -0.4 is 16.0 Å². The Morgan fingerprint density at radius 1 is 1.26 bits per heavy atom. The second-order valence-electron chi connectivity index (χ2n) is 6.38. The summed E-state index contributed by atoms with van der Waals surface area (Å²) in [6, 6.07) is 8.98. The normalized spacial score (nSPS) is 11.5. The molecule has 1 aromatic carbocycles. The Hall–Kier alpha value is -2.54. The van der Waals surface area contributed by atoms with Gasteiger partial charge in [-0.3, -0.25) is 9.79 Å². The summed E-state index contributed by atoms with van der Waals surface area (Å²) in [6.07, 6.45) is 1.09. The SMILES string of the molecule is CN=C(NCCCC(=O)Nc1ccc(Cl)cc1)NCc1cc(C(C)C)no1. The van der Waals surface area contributed by atoms with E-state index in [-0.39, 0.29) is 5.91 Å². The van der Waals surface area contributed by atoms with Crippen molar-refractivity contribution in [3.63, 3.8) is 0 Å². The molecule has 3 N–H and O–H groups in total. The number of anilines is 1. The second-order valence-corrected chi connectivity index (χ2v) is 6.82. The molecule has 146 valence electrons. The molecule has 27 heavy (non-hydrogen) atoms. The number of aliphatic imine (C=N–C) groups is 1. The monoisotopic (exact) mass is 391 g/mol. The second kappa shape index (κ2) is 10.6. The van der Waals surface area contributed by atoms with Crippen LogP contribution in [-0.4, -0.2) is 30.6 Å². The zero-order valence-electron chi connectivity index (χ0n) is 15.9. The van der Waals surface area contributed by atoms with Crippen molar-refractivity contribution in [3.8, 4) is 0 Å². The van der Waals surface area contributed by atoms with Crippen molar-refractivity contribution in [2.24, 2.45) is 4.99 Å². The molecule has 1 aromatic heterocycles. The third-order valence-electron chi connectivity index (χ3n) is 3.82. The number of nitrogens with zero attached hydrogens (tertiary/aromatic N) is 2. The van der Waals surface area contributed by atoms with Crippen LogP contribution in [0.25, 0.3) is 0 Å². The number of aromatic nitrogens is 1. The average molecular weight is 392 g/mol. The van der Waals surface area contributed by atoms with Gasteiger partial charge in [0.1, 0.15) is 0 Å². The number of nitrogens with one attached hydrogen (secondary N) is 3. The number of carbonyl (C=O) groups excluding carboxylic acids is 1. The molecule has 0 aliphatic rings. The van der Waals surface area contributed by atoms with Crippen LogP contribution in [-0.2, 0) is 11.3 Å². The molecular weight excluding hydrogens is 366 g/mol. The Balaban J connectivity index is 1.65. The number of hydrogen-bond acceptors (Lipinski definition) is 4. The summed E-state index contributed by atoms with van der Waals surface area (Å²) in [7, 11) is 1.70. The van der Waals surface area contributed by atoms with Gasteiger partial charge in [0.15, 0.2) is 11.7 Å². The molecule has 2 aromatic rings. The molecule has 0 unspecified atom stereocenters. The van der Waals surface area contributed by atoms with E-state index in [1.165, 1.54) is 0 Å². The maximum atomic E-state index is 11.9. The fourth-order valence-electron chi connectivity index (χ4n) is 2.29. The van der Waals surface area contributed by atoms with E-state index < -0.39 is 0 Å². The lowest BCUT2D eigenvalue weighted by atomic mass is 10.1. The van der Waals surface area contributed by atoms with Crippen LogP contribution >= 0.6 is 11.6 Å². The van der Waals surface area contributed by atoms with Gasteiger partial charge in [-0.05, 0) is 36.6 Å². The van der Waals surface area contributed by atoms with Crippen LogP contribution in [0.5, 0.6) is 0 Å². The molecule has 1 amide bonds. The Morgan fingerprint density at radius 3 is 2.63 bits per heavy atom. The maximum absolute atomic E-state index is 11.9. The molecule has 0 radical (unpaired) electrons. The number of rotatable bonds is 8. The third kappa shape index (κ3) is 7.30. The minimum Gasteiger partial charge on any atom is -0.359 e. The first kappa shape index (κ1) is 20.8. The summed E-state index contributed by atoms with van der Waals surface area (Å²) in [5, 5.41) is 13.8. The quantitative estimate of drug-likeness (QED) is 0.363. The van der Waals surface area contributed by atoms with Gasteiger partial charge in [0, 0.05) is 36.8 Å². The molecule has 7 nitrogen and oxygen atoms in total. The van der Waals surface area contributed by atoms with Crippen LogP contribution in [0.4, 0.5) is 5.69 Å². The van der Waals surface area contributed by atoms with Gasteiger partial charge in [0.2, 0.25) is 5.91 Å². The molecule has 0 fully saturated rings. The summed E-state index contributed by atoms with van der Waals surface area (Å²) < 4.78 is 5.29. The number of halogens is 1. The fraction of sp³-hybridized carbons (Fsp3) is 0.421. The predicted octanol–water partition coefficient (Wildman–Crippen LogP) is 3.54. The standard InChI is InChI=1S/C19H26ClN5O2/c1-13(2)17-11-16(27-25-17)12-23-19(21-3)22-10-4-5-18(26)24-15-8-6-14(20)7-9-15/h6-9,11,13H,4-5,10,12H2,1-3H3,(H,24,26)(H2,21,22,23). The first-order chi connectivity index (χ1) is 13.0. The van der Waals surface area contributed by atoms with Crippen LogP contribution in [0.2, 0.25) is 5.02 Å². The summed E-state index contributed by atoms with van der Waals surface area (Å²) in [4.78, 5) is 16.1. The van der Waals surface area contributed by atoms with Crippen molar-refractivity contribution in [3.05, 3.63) is 46.8 Å². The molecule has 0 saturated heterocycles. The highest BCUT2D eigenvalue weighted by molar-refractivity contribution is 6.30. The van der Waals surface area contributed by atoms with Gasteiger partial charge in [-0.1, -0.05) is 30.6 Å². The van der Waals surface area contributed by atoms with Crippen molar-refractivity contribution < 1.29 is 9.32 Å². The molecule has 0 bridgehead atoms. The Morgan fingerprint density at radius 2 is 2.00 bits per heavy atom. The molecular formula is C19H26ClN5O2. The van der Waals surface area contributed by atoms with Gasteiger partial charge in [-0.25, -0.2) is 0 Å². The molecule has 0 aliphatic carbocycles. The minimum absolute atomic E-state index is 0.0371. The summed E-state index contributed by atoms with van der Waals surface area (Å²) >= 11 is 5.83. The predicted molar refractivity (Wildman–Crippen MR) is 108 cm³/mol. The van der Waals surface area contributed by atoms with E-state index in [1.54, 1.807) is 31.3 Å². The van der Waals surface area contributed by atoms with Crippen LogP contribution in [0.15, 0.2) is 39.8 Å². The van der Waals surface area contributed by atoms with Gasteiger partial charge >= 0.3 is 0 Å². The molecule has 0 saturated carbocycles. The van der Waals surface area contributed by atoms with Gasteiger partial charge in [0.25, 0.3) is 0 Å². The van der Waals surface area contributed by atoms with E-state index >= 15 is 0 Å². The number of benzene rings is 1. The molecule has 0 atom stereocenters. The van der Waals surface area contributed by atoms with Crippen molar-refractivity contribution in [2.45, 2.75) is 39.2 Å². The Labute approximate surface area is 164 Å². The van der Waals surface area contributed by atoms with E-state index in [0.717, 1.165) is 17.1 Å². The largest absolute Gasteiger partial charge is 0.359 e. The lowest BCUT2D eigenvalue weighted by Gasteiger charge is -2.10. The average Bonchev–Trinajstić information content (AvgIpc) is 3.12. The zero-order valence-corrected chi connectivity index (χ0v) is 16.6. The van der Waals surface area contributed by atoms with E-state index in [0.29, 0.717) is 42.8 Å². The molecule has 0 aliphatic heterocycles. The molecule has 2 rings (SSSR count). The first-order valence-electron chi connectivity index (χ1n) is 8.93. The molecule has 1 heterocycles. The number of guanidine groups is 1. The topological polar surface area (TPSA) is 91.5 Å². The van der Waals surface area contributed by atoms with E-state index in [9.17, 15) is 4.79 Å². The van der Waals surface area contributed by atoms with Crippen molar-refractivity contribution in [2.75, 3.05) is 18.9 Å². The van der Waals surface area contributed by atoms with Gasteiger partial charge in [-0.15, -0.1) is 0 Å². The van der Waals surface area contributed by atoms with Crippen molar-refractivity contribution in [1.29, 1.82) is 0 Å². The van der Waals surface area contributed by atoms with E-state index in [1.807, 2.05) is 6.07 Å². The highest BCUT2D eigenvalue weighted by Crippen LogP contribution is 2.14. The highest BCUT2D eigenvalue weighted by atomic mass is 35.5. The maximum Gasteiger partial charge on any atom is 0.224 e.